The summed E-state index contributed by atoms with van der Waals surface area (Å²) in [6, 6.07) is 6.31. The molecule has 1 aliphatic carbocycles. The standard InChI is InChI=1S/C18H21F/c1-2-15-7-9-16(10-8-15)5-3-4-6-17-11-13-18(19)14-12-17/h3,5,11-16H,2,7-10H2,1H3/b5-3+. The van der Waals surface area contributed by atoms with E-state index in [1.807, 2.05) is 6.08 Å². The van der Waals surface area contributed by atoms with Gasteiger partial charge in [0.15, 0.2) is 0 Å². The van der Waals surface area contributed by atoms with Crippen molar-refractivity contribution in [3.05, 3.63) is 47.8 Å². The van der Waals surface area contributed by atoms with Crippen molar-refractivity contribution in [2.45, 2.75) is 39.0 Å². The first kappa shape index (κ1) is 13.9. The van der Waals surface area contributed by atoms with E-state index in [9.17, 15) is 4.39 Å². The van der Waals surface area contributed by atoms with Gasteiger partial charge in [0.2, 0.25) is 0 Å². The largest absolute Gasteiger partial charge is 0.207 e. The van der Waals surface area contributed by atoms with Gasteiger partial charge in [-0.05, 0) is 67.9 Å². The molecule has 0 saturated heterocycles. The second-order valence-electron chi connectivity index (χ2n) is 5.32. The molecule has 0 atom stereocenters. The first-order valence-electron chi connectivity index (χ1n) is 7.21. The molecule has 0 unspecified atom stereocenters. The Morgan fingerprint density at radius 1 is 1.16 bits per heavy atom. The summed E-state index contributed by atoms with van der Waals surface area (Å²) in [6.07, 6.45) is 10.8. The normalized spacial score (nSPS) is 23.1. The Labute approximate surface area is 115 Å². The van der Waals surface area contributed by atoms with E-state index in [1.165, 1.54) is 44.2 Å². The summed E-state index contributed by atoms with van der Waals surface area (Å²) in [6.45, 7) is 2.29. The Morgan fingerprint density at radius 2 is 1.84 bits per heavy atom. The van der Waals surface area contributed by atoms with Crippen LogP contribution in [-0.4, -0.2) is 0 Å². The molecule has 1 heteroatoms. The zero-order valence-electron chi connectivity index (χ0n) is 11.5. The smallest absolute Gasteiger partial charge is 0.123 e. The third-order valence-corrected chi connectivity index (χ3v) is 3.98. The second-order valence-corrected chi connectivity index (χ2v) is 5.32. The molecule has 1 fully saturated rings. The van der Waals surface area contributed by atoms with Crippen LogP contribution in [-0.2, 0) is 0 Å². The lowest BCUT2D eigenvalue weighted by Crippen LogP contribution is -2.11. The lowest BCUT2D eigenvalue weighted by molar-refractivity contribution is 0.304. The van der Waals surface area contributed by atoms with Crippen LogP contribution in [0.15, 0.2) is 36.4 Å². The van der Waals surface area contributed by atoms with E-state index in [0.717, 1.165) is 11.5 Å². The monoisotopic (exact) mass is 256 g/mol. The minimum absolute atomic E-state index is 0.214. The van der Waals surface area contributed by atoms with Gasteiger partial charge in [-0.25, -0.2) is 4.39 Å². The van der Waals surface area contributed by atoms with Crippen LogP contribution in [0.4, 0.5) is 4.39 Å². The average Bonchev–Trinajstić information content (AvgIpc) is 2.46. The first-order chi connectivity index (χ1) is 9.28. The van der Waals surface area contributed by atoms with Gasteiger partial charge in [0, 0.05) is 5.56 Å². The Hall–Kier alpha value is -1.55. The van der Waals surface area contributed by atoms with Gasteiger partial charge in [0.05, 0.1) is 0 Å². The number of benzene rings is 1. The minimum atomic E-state index is -0.214. The third kappa shape index (κ3) is 4.56. The number of allylic oxidation sites excluding steroid dienone is 2. The summed E-state index contributed by atoms with van der Waals surface area (Å²) in [5, 5.41) is 0. The molecule has 0 radical (unpaired) electrons. The van der Waals surface area contributed by atoms with Crippen molar-refractivity contribution < 1.29 is 4.39 Å². The molecule has 2 rings (SSSR count). The summed E-state index contributed by atoms with van der Waals surface area (Å²) in [4.78, 5) is 0. The van der Waals surface area contributed by atoms with Gasteiger partial charge in [-0.1, -0.05) is 31.3 Å². The van der Waals surface area contributed by atoms with E-state index in [4.69, 9.17) is 0 Å². The molecule has 0 spiro atoms. The molecule has 19 heavy (non-hydrogen) atoms. The van der Waals surface area contributed by atoms with Gasteiger partial charge in [0.25, 0.3) is 0 Å². The third-order valence-electron chi connectivity index (χ3n) is 3.98. The Bertz CT molecular complexity index is 465. The van der Waals surface area contributed by atoms with E-state index >= 15 is 0 Å². The van der Waals surface area contributed by atoms with Crippen LogP contribution >= 0.6 is 0 Å². The molecule has 0 N–H and O–H groups in total. The van der Waals surface area contributed by atoms with Crippen LogP contribution in [0, 0.1) is 29.5 Å². The van der Waals surface area contributed by atoms with Crippen LogP contribution in [0.3, 0.4) is 0 Å². The zero-order valence-corrected chi connectivity index (χ0v) is 11.5. The minimum Gasteiger partial charge on any atom is -0.207 e. The molecule has 0 nitrogen and oxygen atoms in total. The fourth-order valence-corrected chi connectivity index (χ4v) is 2.63. The van der Waals surface area contributed by atoms with Crippen LogP contribution in [0.5, 0.6) is 0 Å². The number of halogens is 1. The van der Waals surface area contributed by atoms with Crippen LogP contribution in [0.25, 0.3) is 0 Å². The molecule has 100 valence electrons. The van der Waals surface area contributed by atoms with Crippen molar-refractivity contribution in [3.63, 3.8) is 0 Å². The highest BCUT2D eigenvalue weighted by Crippen LogP contribution is 2.31. The van der Waals surface area contributed by atoms with Crippen molar-refractivity contribution in [2.75, 3.05) is 0 Å². The molecular formula is C18H21F. The Morgan fingerprint density at radius 3 is 2.47 bits per heavy atom. The molecular weight excluding hydrogens is 235 g/mol. The SMILES string of the molecule is CCC1CCC(/C=C/C#Cc2ccc(F)cc2)CC1. The molecule has 1 aromatic carbocycles. The van der Waals surface area contributed by atoms with Gasteiger partial charge in [-0.3, -0.25) is 0 Å². The summed E-state index contributed by atoms with van der Waals surface area (Å²) in [7, 11) is 0. The van der Waals surface area contributed by atoms with Crippen LogP contribution in [0.2, 0.25) is 0 Å². The van der Waals surface area contributed by atoms with Crippen LogP contribution in [0.1, 0.15) is 44.6 Å². The lowest BCUT2D eigenvalue weighted by atomic mass is 9.81. The van der Waals surface area contributed by atoms with Crippen molar-refractivity contribution in [1.29, 1.82) is 0 Å². The van der Waals surface area contributed by atoms with E-state index in [-0.39, 0.29) is 5.82 Å². The van der Waals surface area contributed by atoms with Gasteiger partial charge in [-0.2, -0.15) is 0 Å². The van der Waals surface area contributed by atoms with E-state index < -0.39 is 0 Å². The Balaban J connectivity index is 1.82. The maximum Gasteiger partial charge on any atom is 0.123 e. The number of hydrogen-bond acceptors (Lipinski definition) is 0. The van der Waals surface area contributed by atoms with Gasteiger partial charge in [0.1, 0.15) is 5.82 Å². The summed E-state index contributed by atoms with van der Waals surface area (Å²) >= 11 is 0. The fourth-order valence-electron chi connectivity index (χ4n) is 2.63. The molecule has 0 amide bonds. The highest BCUT2D eigenvalue weighted by molar-refractivity contribution is 5.36. The maximum absolute atomic E-state index is 12.7. The topological polar surface area (TPSA) is 0 Å². The highest BCUT2D eigenvalue weighted by atomic mass is 19.1. The van der Waals surface area contributed by atoms with Crippen LogP contribution < -0.4 is 0 Å². The molecule has 0 aliphatic heterocycles. The predicted molar refractivity (Wildman–Crippen MR) is 78.2 cm³/mol. The molecule has 1 aromatic rings. The van der Waals surface area contributed by atoms with Crippen molar-refractivity contribution in [1.82, 2.24) is 0 Å². The Kier molecular flexibility index (Phi) is 5.21. The summed E-state index contributed by atoms with van der Waals surface area (Å²) in [5.41, 5.74) is 0.862. The molecule has 0 aromatic heterocycles. The number of rotatable bonds is 2. The van der Waals surface area contributed by atoms with Gasteiger partial charge in [-0.15, -0.1) is 0 Å². The molecule has 1 aliphatic rings. The predicted octanol–water partition coefficient (Wildman–Crippen LogP) is 4.95. The second kappa shape index (κ2) is 7.14. The quantitative estimate of drug-likeness (QED) is 0.657. The molecule has 0 heterocycles. The van der Waals surface area contributed by atoms with Crippen molar-refractivity contribution in [2.24, 2.45) is 11.8 Å². The van der Waals surface area contributed by atoms with Gasteiger partial charge >= 0.3 is 0 Å². The first-order valence-corrected chi connectivity index (χ1v) is 7.21. The van der Waals surface area contributed by atoms with E-state index in [1.54, 1.807) is 12.1 Å². The molecule has 0 bridgehead atoms. The lowest BCUT2D eigenvalue weighted by Gasteiger charge is -2.25. The summed E-state index contributed by atoms with van der Waals surface area (Å²) < 4.78 is 12.7. The fraction of sp³-hybridized carbons (Fsp3) is 0.444. The highest BCUT2D eigenvalue weighted by Gasteiger charge is 2.17. The van der Waals surface area contributed by atoms with E-state index in [2.05, 4.69) is 24.8 Å². The molecule has 1 saturated carbocycles. The van der Waals surface area contributed by atoms with Gasteiger partial charge < -0.3 is 0 Å². The van der Waals surface area contributed by atoms with Crippen molar-refractivity contribution >= 4 is 0 Å². The summed E-state index contributed by atoms with van der Waals surface area (Å²) in [5.74, 6) is 7.49. The number of hydrogen-bond donors (Lipinski definition) is 0. The zero-order chi connectivity index (χ0) is 13.5. The van der Waals surface area contributed by atoms with E-state index in [0.29, 0.717) is 5.92 Å². The maximum atomic E-state index is 12.7. The van der Waals surface area contributed by atoms with Crippen molar-refractivity contribution in [3.8, 4) is 11.8 Å². The average molecular weight is 256 g/mol.